The van der Waals surface area contributed by atoms with Gasteiger partial charge in [0, 0.05) is 52.9 Å². The van der Waals surface area contributed by atoms with E-state index in [1.807, 2.05) is 36.5 Å². The lowest BCUT2D eigenvalue weighted by molar-refractivity contribution is -0.192. The van der Waals surface area contributed by atoms with Crippen LogP contribution in [-0.2, 0) is 11.2 Å². The molecule has 180 valence electrons. The quantitative estimate of drug-likeness (QED) is 0.372. The van der Waals surface area contributed by atoms with Crippen LogP contribution in [0.2, 0.25) is 0 Å². The maximum atomic E-state index is 10.6. The number of fused-ring (bicyclic) bond motifs is 1. The minimum atomic E-state index is -5.08. The molecule has 1 unspecified atom stereocenters. The van der Waals surface area contributed by atoms with Gasteiger partial charge in [0.15, 0.2) is 0 Å². The van der Waals surface area contributed by atoms with Crippen molar-refractivity contribution in [2.24, 2.45) is 5.73 Å². The fourth-order valence-corrected chi connectivity index (χ4v) is 2.99. The van der Waals surface area contributed by atoms with Crippen LogP contribution in [0.25, 0.3) is 10.9 Å². The predicted octanol–water partition coefficient (Wildman–Crippen LogP) is 3.94. The number of H-pyrrole nitrogens is 1. The van der Waals surface area contributed by atoms with E-state index >= 15 is 0 Å². The monoisotopic (exact) mass is 482 g/mol. The molecule has 0 aliphatic carbocycles. The third kappa shape index (κ3) is 7.87. The maximum absolute atomic E-state index is 10.6. The van der Waals surface area contributed by atoms with Crippen LogP contribution >= 0.6 is 0 Å². The summed E-state index contributed by atoms with van der Waals surface area (Å²) in [6, 6.07) is 13.7. The Hall–Kier alpha value is -4.36. The van der Waals surface area contributed by atoms with Crippen molar-refractivity contribution in [3.8, 4) is 17.6 Å². The summed E-state index contributed by atoms with van der Waals surface area (Å²) in [6.07, 6.45) is 4.50. The average Bonchev–Trinajstić information content (AvgIpc) is 3.25. The summed E-state index contributed by atoms with van der Waals surface area (Å²) in [5.41, 5.74) is 10.2. The first-order valence-electron chi connectivity index (χ1n) is 10.3. The Kier molecular flexibility index (Phi) is 8.43. The first kappa shape index (κ1) is 25.3. The van der Waals surface area contributed by atoms with Crippen molar-refractivity contribution in [1.29, 1.82) is 0 Å². The number of para-hydroxylation sites is 1. The van der Waals surface area contributed by atoms with E-state index in [0.29, 0.717) is 12.4 Å². The van der Waals surface area contributed by atoms with Crippen molar-refractivity contribution in [2.45, 2.75) is 18.6 Å². The molecule has 1 aromatic carbocycles. The molecule has 0 bridgehead atoms. The van der Waals surface area contributed by atoms with E-state index in [1.54, 1.807) is 24.8 Å². The van der Waals surface area contributed by atoms with Gasteiger partial charge in [0.25, 0.3) is 0 Å². The lowest BCUT2D eigenvalue weighted by atomic mass is 10.1. The molecule has 7 nitrogen and oxygen atoms in total. The van der Waals surface area contributed by atoms with Crippen LogP contribution in [0.3, 0.4) is 0 Å². The third-order valence-corrected chi connectivity index (χ3v) is 4.59. The van der Waals surface area contributed by atoms with E-state index in [0.717, 1.165) is 23.1 Å². The highest BCUT2D eigenvalue weighted by atomic mass is 19.4. The number of carboxylic acid groups (broad SMARTS) is 1. The van der Waals surface area contributed by atoms with Gasteiger partial charge in [-0.15, -0.1) is 0 Å². The molecule has 0 saturated heterocycles. The number of hydrogen-bond donors (Lipinski definition) is 3. The molecule has 1 atom stereocenters. The number of nitrogens with one attached hydrogen (secondary N) is 1. The molecule has 0 radical (unpaired) electrons. The molecule has 0 spiro atoms. The van der Waals surface area contributed by atoms with Crippen molar-refractivity contribution >= 4 is 16.9 Å². The second-order valence-electron chi connectivity index (χ2n) is 7.34. The van der Waals surface area contributed by atoms with E-state index in [-0.39, 0.29) is 6.04 Å². The number of carboxylic acids is 1. The van der Waals surface area contributed by atoms with E-state index in [1.165, 1.54) is 10.9 Å². The van der Waals surface area contributed by atoms with Crippen LogP contribution in [-0.4, -0.2) is 44.9 Å². The average molecular weight is 482 g/mol. The zero-order chi connectivity index (χ0) is 25.3. The van der Waals surface area contributed by atoms with Crippen molar-refractivity contribution in [3.63, 3.8) is 0 Å². The van der Waals surface area contributed by atoms with Crippen LogP contribution in [0.1, 0.15) is 16.7 Å². The van der Waals surface area contributed by atoms with Crippen molar-refractivity contribution in [1.82, 2.24) is 15.0 Å². The number of aromatic nitrogens is 3. The van der Waals surface area contributed by atoms with Gasteiger partial charge in [0.1, 0.15) is 12.4 Å². The summed E-state index contributed by atoms with van der Waals surface area (Å²) >= 11 is 0. The molecule has 4 aromatic rings. The largest absolute Gasteiger partial charge is 0.490 e. The van der Waals surface area contributed by atoms with Gasteiger partial charge in [-0.1, -0.05) is 30.0 Å². The zero-order valence-corrected chi connectivity index (χ0v) is 18.3. The topological polar surface area (TPSA) is 114 Å². The summed E-state index contributed by atoms with van der Waals surface area (Å²) in [6.45, 7) is 0.403. The lowest BCUT2D eigenvalue weighted by Gasteiger charge is -2.13. The van der Waals surface area contributed by atoms with Gasteiger partial charge in [-0.25, -0.2) is 4.79 Å². The minimum absolute atomic E-state index is 0.121. The summed E-state index contributed by atoms with van der Waals surface area (Å²) in [7, 11) is 0. The van der Waals surface area contributed by atoms with Gasteiger partial charge < -0.3 is 20.6 Å². The number of aliphatic carboxylic acids is 1. The Morgan fingerprint density at radius 3 is 2.51 bits per heavy atom. The van der Waals surface area contributed by atoms with E-state index < -0.39 is 12.1 Å². The number of ether oxygens (including phenoxy) is 1. The molecule has 0 saturated carbocycles. The van der Waals surface area contributed by atoms with Crippen molar-refractivity contribution in [3.05, 3.63) is 90.1 Å². The molecule has 10 heteroatoms. The number of benzene rings is 1. The molecule has 4 N–H and O–H groups in total. The van der Waals surface area contributed by atoms with Gasteiger partial charge in [0.05, 0.1) is 6.20 Å². The molecule has 0 aliphatic rings. The van der Waals surface area contributed by atoms with Gasteiger partial charge in [-0.05, 0) is 36.2 Å². The number of alkyl halides is 3. The molecule has 3 aromatic heterocycles. The van der Waals surface area contributed by atoms with Crippen molar-refractivity contribution in [2.75, 3.05) is 6.61 Å². The summed E-state index contributed by atoms with van der Waals surface area (Å²) in [5.74, 6) is 4.04. The van der Waals surface area contributed by atoms with Crippen LogP contribution < -0.4 is 10.5 Å². The Morgan fingerprint density at radius 2 is 1.80 bits per heavy atom. The number of rotatable bonds is 5. The molecule has 0 fully saturated rings. The Morgan fingerprint density at radius 1 is 1.09 bits per heavy atom. The summed E-state index contributed by atoms with van der Waals surface area (Å²) < 4.78 is 37.6. The SMILES string of the molecule is NC(COc1cncc(C#Cc2cccnc2)c1)Cc1c[nH]c2ccccc12.O=C(O)C(F)(F)F. The summed E-state index contributed by atoms with van der Waals surface area (Å²) in [5, 5.41) is 8.33. The Bertz CT molecular complexity index is 1330. The van der Waals surface area contributed by atoms with Gasteiger partial charge >= 0.3 is 12.1 Å². The van der Waals surface area contributed by atoms with E-state index in [2.05, 4.69) is 38.9 Å². The lowest BCUT2D eigenvalue weighted by Crippen LogP contribution is -2.30. The first-order valence-corrected chi connectivity index (χ1v) is 10.3. The Balaban J connectivity index is 0.000000429. The smallest absolute Gasteiger partial charge is 0.490 e. The molecular formula is C25H21F3N4O3. The summed E-state index contributed by atoms with van der Waals surface area (Å²) in [4.78, 5) is 20.4. The highest BCUT2D eigenvalue weighted by Gasteiger charge is 2.38. The number of halogens is 3. The first-order chi connectivity index (χ1) is 16.7. The molecule has 0 amide bonds. The van der Waals surface area contributed by atoms with Crippen LogP contribution in [0.15, 0.2) is 73.4 Å². The van der Waals surface area contributed by atoms with Gasteiger partial charge in [0.2, 0.25) is 0 Å². The van der Waals surface area contributed by atoms with Crippen LogP contribution in [0.5, 0.6) is 5.75 Å². The molecule has 3 heterocycles. The number of aromatic amines is 1. The van der Waals surface area contributed by atoms with E-state index in [4.69, 9.17) is 20.4 Å². The third-order valence-electron chi connectivity index (χ3n) is 4.59. The number of nitrogens with zero attached hydrogens (tertiary/aromatic N) is 2. The Labute approximate surface area is 198 Å². The predicted molar refractivity (Wildman–Crippen MR) is 124 cm³/mol. The number of hydrogen-bond acceptors (Lipinski definition) is 5. The standard InChI is InChI=1S/C23H20N4O.C2HF3O2/c24-20(11-19-14-27-23-6-2-1-5-22(19)23)16-28-21-10-18(13-26-15-21)8-7-17-4-3-9-25-12-17;3-2(4,5)1(6)7/h1-6,9-10,12-15,20,27H,11,16,24H2;(H,6,7). The normalized spacial score (nSPS) is 11.5. The molecule has 0 aliphatic heterocycles. The maximum Gasteiger partial charge on any atom is 0.490 e. The number of nitrogens with two attached hydrogens (primary N) is 1. The molecule has 4 rings (SSSR count). The van der Waals surface area contributed by atoms with E-state index in [9.17, 15) is 13.2 Å². The second kappa shape index (κ2) is 11.7. The molecule has 35 heavy (non-hydrogen) atoms. The fourth-order valence-electron chi connectivity index (χ4n) is 2.99. The van der Waals surface area contributed by atoms with Gasteiger partial charge in [-0.2, -0.15) is 13.2 Å². The van der Waals surface area contributed by atoms with Crippen molar-refractivity contribution < 1.29 is 27.8 Å². The molecular weight excluding hydrogens is 461 g/mol. The fraction of sp³-hybridized carbons (Fsp3) is 0.160. The minimum Gasteiger partial charge on any atom is -0.490 e. The second-order valence-corrected chi connectivity index (χ2v) is 7.34. The van der Waals surface area contributed by atoms with Crippen LogP contribution in [0, 0.1) is 11.8 Å². The van der Waals surface area contributed by atoms with Crippen LogP contribution in [0.4, 0.5) is 13.2 Å². The highest BCUT2D eigenvalue weighted by molar-refractivity contribution is 5.83. The number of carbonyl (C=O) groups is 1. The number of pyridine rings is 2. The highest BCUT2D eigenvalue weighted by Crippen LogP contribution is 2.19. The van der Waals surface area contributed by atoms with Gasteiger partial charge in [-0.3, -0.25) is 9.97 Å². The zero-order valence-electron chi connectivity index (χ0n) is 18.3.